The second kappa shape index (κ2) is 7.28. The molecule has 4 rings (SSSR count). The summed E-state index contributed by atoms with van der Waals surface area (Å²) in [5.41, 5.74) is 3.97. The number of carbonyl (C=O) groups is 1. The van der Waals surface area contributed by atoms with Gasteiger partial charge in [-0.2, -0.15) is 9.61 Å². The Bertz CT molecular complexity index is 1080. The number of carbonyl (C=O) groups excluding carboxylic acids is 1. The molecule has 0 saturated carbocycles. The van der Waals surface area contributed by atoms with Gasteiger partial charge in [-0.3, -0.25) is 4.79 Å². The molecule has 6 nitrogen and oxygen atoms in total. The zero-order chi connectivity index (χ0) is 18.8. The third-order valence-electron chi connectivity index (χ3n) is 4.43. The molecule has 4 aromatic rings. The van der Waals surface area contributed by atoms with Crippen LogP contribution in [0.2, 0.25) is 0 Å². The standard InChI is InChI=1S/C20H19N5OS/c1-3-14-4-8-16(9-5-14)18(26)21-12-15-6-10-17(11-7-15)19-24-25-13(2)22-23-20(25)27-19/h4-11H,3,12H2,1-2H3,(H,21,26). The Morgan fingerprint density at radius 3 is 2.41 bits per heavy atom. The summed E-state index contributed by atoms with van der Waals surface area (Å²) in [7, 11) is 0. The smallest absolute Gasteiger partial charge is 0.251 e. The molecule has 0 unspecified atom stereocenters. The molecule has 0 bridgehead atoms. The summed E-state index contributed by atoms with van der Waals surface area (Å²) in [5, 5.41) is 16.5. The molecule has 0 aliphatic heterocycles. The summed E-state index contributed by atoms with van der Waals surface area (Å²) in [5.74, 6) is 0.713. The van der Waals surface area contributed by atoms with Crippen molar-refractivity contribution in [3.63, 3.8) is 0 Å². The Labute approximate surface area is 160 Å². The number of rotatable bonds is 5. The first-order valence-electron chi connectivity index (χ1n) is 8.79. The summed E-state index contributed by atoms with van der Waals surface area (Å²) in [6, 6.07) is 15.8. The number of hydrogen-bond donors (Lipinski definition) is 1. The first kappa shape index (κ1) is 17.4. The van der Waals surface area contributed by atoms with Gasteiger partial charge in [0, 0.05) is 17.7 Å². The fraction of sp³-hybridized carbons (Fsp3) is 0.200. The van der Waals surface area contributed by atoms with Gasteiger partial charge in [0.25, 0.3) is 5.91 Å². The minimum Gasteiger partial charge on any atom is -0.348 e. The van der Waals surface area contributed by atoms with Crippen molar-refractivity contribution in [1.82, 2.24) is 25.1 Å². The Balaban J connectivity index is 1.42. The third-order valence-corrected chi connectivity index (χ3v) is 5.37. The highest BCUT2D eigenvalue weighted by Gasteiger charge is 2.10. The molecule has 7 heteroatoms. The zero-order valence-corrected chi connectivity index (χ0v) is 16.0. The number of fused-ring (bicyclic) bond motifs is 1. The predicted molar refractivity (Wildman–Crippen MR) is 106 cm³/mol. The van der Waals surface area contributed by atoms with Gasteiger partial charge in [0.2, 0.25) is 4.96 Å². The van der Waals surface area contributed by atoms with Gasteiger partial charge in [0.15, 0.2) is 5.82 Å². The quantitative estimate of drug-likeness (QED) is 0.576. The summed E-state index contributed by atoms with van der Waals surface area (Å²) >= 11 is 1.50. The lowest BCUT2D eigenvalue weighted by atomic mass is 10.1. The Kier molecular flexibility index (Phi) is 4.68. The number of benzene rings is 2. The van der Waals surface area contributed by atoms with Crippen molar-refractivity contribution in [2.75, 3.05) is 0 Å². The minimum absolute atomic E-state index is 0.0640. The van der Waals surface area contributed by atoms with E-state index in [4.69, 9.17) is 0 Å². The Morgan fingerprint density at radius 2 is 1.74 bits per heavy atom. The van der Waals surface area contributed by atoms with E-state index in [0.717, 1.165) is 33.3 Å². The molecule has 1 amide bonds. The summed E-state index contributed by atoms with van der Waals surface area (Å²) in [6.07, 6.45) is 0.968. The SMILES string of the molecule is CCc1ccc(C(=O)NCc2ccc(-c3nn4c(C)nnc4s3)cc2)cc1. The van der Waals surface area contributed by atoms with Gasteiger partial charge >= 0.3 is 0 Å². The molecule has 2 heterocycles. The van der Waals surface area contributed by atoms with Crippen molar-refractivity contribution in [3.05, 3.63) is 71.0 Å². The lowest BCUT2D eigenvalue weighted by Crippen LogP contribution is -2.22. The average Bonchev–Trinajstić information content (AvgIpc) is 3.29. The van der Waals surface area contributed by atoms with Crippen LogP contribution in [-0.2, 0) is 13.0 Å². The highest BCUT2D eigenvalue weighted by molar-refractivity contribution is 7.19. The maximum atomic E-state index is 12.3. The molecule has 0 radical (unpaired) electrons. The predicted octanol–water partition coefficient (Wildman–Crippen LogP) is 3.65. The molecule has 0 aliphatic rings. The summed E-state index contributed by atoms with van der Waals surface area (Å²) in [4.78, 5) is 13.1. The number of hydrogen-bond acceptors (Lipinski definition) is 5. The van der Waals surface area contributed by atoms with E-state index in [-0.39, 0.29) is 5.91 Å². The molecule has 0 saturated heterocycles. The number of amides is 1. The Morgan fingerprint density at radius 1 is 1.04 bits per heavy atom. The maximum Gasteiger partial charge on any atom is 0.251 e. The normalized spacial score (nSPS) is 11.0. The number of nitrogens with zero attached hydrogens (tertiary/aromatic N) is 4. The van der Waals surface area contributed by atoms with Crippen LogP contribution in [0.1, 0.15) is 34.2 Å². The lowest BCUT2D eigenvalue weighted by Gasteiger charge is -2.07. The largest absolute Gasteiger partial charge is 0.348 e. The fourth-order valence-corrected chi connectivity index (χ4v) is 3.66. The molecule has 0 atom stereocenters. The number of nitrogens with one attached hydrogen (secondary N) is 1. The highest BCUT2D eigenvalue weighted by atomic mass is 32.1. The molecule has 0 aliphatic carbocycles. The van der Waals surface area contributed by atoms with E-state index in [0.29, 0.717) is 12.1 Å². The molecule has 0 spiro atoms. The van der Waals surface area contributed by atoms with Crippen LogP contribution >= 0.6 is 11.3 Å². The summed E-state index contributed by atoms with van der Waals surface area (Å²) in [6.45, 7) is 4.46. The molecular weight excluding hydrogens is 358 g/mol. The molecular formula is C20H19N5OS. The van der Waals surface area contributed by atoms with Gasteiger partial charge in [0.05, 0.1) is 0 Å². The van der Waals surface area contributed by atoms with E-state index < -0.39 is 0 Å². The maximum absolute atomic E-state index is 12.3. The van der Waals surface area contributed by atoms with Crippen molar-refractivity contribution < 1.29 is 4.79 Å². The monoisotopic (exact) mass is 377 g/mol. The zero-order valence-electron chi connectivity index (χ0n) is 15.1. The van der Waals surface area contributed by atoms with Crippen molar-refractivity contribution in [3.8, 4) is 10.6 Å². The van der Waals surface area contributed by atoms with Gasteiger partial charge in [-0.15, -0.1) is 10.2 Å². The first-order chi connectivity index (χ1) is 13.1. The lowest BCUT2D eigenvalue weighted by molar-refractivity contribution is 0.0951. The van der Waals surface area contributed by atoms with Gasteiger partial charge < -0.3 is 5.32 Å². The van der Waals surface area contributed by atoms with Crippen molar-refractivity contribution in [1.29, 1.82) is 0 Å². The van der Waals surface area contributed by atoms with E-state index in [1.165, 1.54) is 16.9 Å². The molecule has 27 heavy (non-hydrogen) atoms. The van der Waals surface area contributed by atoms with E-state index in [9.17, 15) is 4.79 Å². The molecule has 0 fully saturated rings. The van der Waals surface area contributed by atoms with Gasteiger partial charge in [-0.05, 0) is 36.6 Å². The van der Waals surface area contributed by atoms with E-state index in [2.05, 4.69) is 27.5 Å². The van der Waals surface area contributed by atoms with E-state index in [1.54, 1.807) is 4.52 Å². The molecule has 1 N–H and O–H groups in total. The minimum atomic E-state index is -0.0640. The average molecular weight is 377 g/mol. The van der Waals surface area contributed by atoms with Crippen molar-refractivity contribution >= 4 is 22.2 Å². The van der Waals surface area contributed by atoms with Crippen LogP contribution < -0.4 is 5.32 Å². The molecule has 2 aromatic carbocycles. The Hall–Kier alpha value is -3.06. The van der Waals surface area contributed by atoms with Crippen LogP contribution in [-0.4, -0.2) is 25.7 Å². The van der Waals surface area contributed by atoms with Crippen molar-refractivity contribution in [2.24, 2.45) is 0 Å². The van der Waals surface area contributed by atoms with Crippen LogP contribution in [0, 0.1) is 6.92 Å². The second-order valence-corrected chi connectivity index (χ2v) is 7.23. The van der Waals surface area contributed by atoms with Crippen molar-refractivity contribution in [2.45, 2.75) is 26.8 Å². The molecule has 2 aromatic heterocycles. The molecule has 136 valence electrons. The first-order valence-corrected chi connectivity index (χ1v) is 9.61. The van der Waals surface area contributed by atoms with E-state index in [1.807, 2.05) is 55.5 Å². The third kappa shape index (κ3) is 3.59. The number of aryl methyl sites for hydroxylation is 2. The topological polar surface area (TPSA) is 72.2 Å². The fourth-order valence-electron chi connectivity index (χ4n) is 2.77. The van der Waals surface area contributed by atoms with Crippen LogP contribution in [0.4, 0.5) is 0 Å². The van der Waals surface area contributed by atoms with Crippen LogP contribution in [0.15, 0.2) is 48.5 Å². The second-order valence-electron chi connectivity index (χ2n) is 6.28. The van der Waals surface area contributed by atoms with Gasteiger partial charge in [-0.1, -0.05) is 54.7 Å². The van der Waals surface area contributed by atoms with E-state index >= 15 is 0 Å². The number of aromatic nitrogens is 4. The van der Waals surface area contributed by atoms with Gasteiger partial charge in [0.1, 0.15) is 5.01 Å². The summed E-state index contributed by atoms with van der Waals surface area (Å²) < 4.78 is 1.75. The highest BCUT2D eigenvalue weighted by Crippen LogP contribution is 2.25. The van der Waals surface area contributed by atoms with Gasteiger partial charge in [-0.25, -0.2) is 0 Å². The van der Waals surface area contributed by atoms with Crippen LogP contribution in [0.3, 0.4) is 0 Å². The van der Waals surface area contributed by atoms with Crippen LogP contribution in [0.5, 0.6) is 0 Å². The van der Waals surface area contributed by atoms with Crippen LogP contribution in [0.25, 0.3) is 15.5 Å².